The number of nitrogens with zero attached hydrogens (tertiary/aromatic N) is 2. The molecule has 1 aliphatic heterocycles. The zero-order valence-corrected chi connectivity index (χ0v) is 12.7. The van der Waals surface area contributed by atoms with Crippen LogP contribution in [0, 0.1) is 11.7 Å². The molecule has 1 aromatic rings. The second-order valence-corrected chi connectivity index (χ2v) is 7.31. The number of hydrogen-bond acceptors (Lipinski definition) is 4. The molecule has 2 heterocycles. The van der Waals surface area contributed by atoms with E-state index in [0.29, 0.717) is 12.6 Å². The summed E-state index contributed by atoms with van der Waals surface area (Å²) in [6.07, 6.45) is 2.14. The highest BCUT2D eigenvalue weighted by atomic mass is 32.2. The lowest BCUT2D eigenvalue weighted by molar-refractivity contribution is 0.265. The molecule has 1 aromatic heterocycles. The van der Waals surface area contributed by atoms with Gasteiger partial charge < -0.3 is 0 Å². The SMILES string of the molecule is CC(C)N1C[C@@H](C)[C@@H](NS(=O)(=O)c2cncc(F)c2)C1. The van der Waals surface area contributed by atoms with Gasteiger partial charge in [-0.05, 0) is 25.8 Å². The van der Waals surface area contributed by atoms with E-state index in [-0.39, 0.29) is 16.9 Å². The molecule has 2 atom stereocenters. The highest BCUT2D eigenvalue weighted by Crippen LogP contribution is 2.20. The predicted octanol–water partition coefficient (Wildman–Crippen LogP) is 1.23. The molecule has 0 spiro atoms. The Labute approximate surface area is 119 Å². The minimum absolute atomic E-state index is 0.132. The van der Waals surface area contributed by atoms with Crippen LogP contribution in [0.4, 0.5) is 4.39 Å². The van der Waals surface area contributed by atoms with Crippen molar-refractivity contribution in [2.45, 2.75) is 37.8 Å². The number of aromatic nitrogens is 1. The van der Waals surface area contributed by atoms with Gasteiger partial charge in [0.25, 0.3) is 0 Å². The van der Waals surface area contributed by atoms with Crippen LogP contribution in [0.15, 0.2) is 23.4 Å². The molecular weight excluding hydrogens is 281 g/mol. The van der Waals surface area contributed by atoms with E-state index in [9.17, 15) is 12.8 Å². The van der Waals surface area contributed by atoms with Crippen LogP contribution in [-0.4, -0.2) is 43.5 Å². The minimum Gasteiger partial charge on any atom is -0.299 e. The van der Waals surface area contributed by atoms with Crippen molar-refractivity contribution in [3.05, 3.63) is 24.3 Å². The van der Waals surface area contributed by atoms with Crippen LogP contribution in [0.3, 0.4) is 0 Å². The lowest BCUT2D eigenvalue weighted by atomic mass is 10.1. The van der Waals surface area contributed by atoms with Gasteiger partial charge in [0.15, 0.2) is 0 Å². The smallest absolute Gasteiger partial charge is 0.242 e. The third kappa shape index (κ3) is 3.34. The molecule has 0 bridgehead atoms. The summed E-state index contributed by atoms with van der Waals surface area (Å²) in [6.45, 7) is 7.70. The van der Waals surface area contributed by atoms with E-state index in [4.69, 9.17) is 0 Å². The fraction of sp³-hybridized carbons (Fsp3) is 0.615. The van der Waals surface area contributed by atoms with E-state index in [1.807, 2.05) is 6.92 Å². The molecule has 0 amide bonds. The molecule has 7 heteroatoms. The van der Waals surface area contributed by atoms with Gasteiger partial charge in [-0.1, -0.05) is 6.92 Å². The topological polar surface area (TPSA) is 62.3 Å². The van der Waals surface area contributed by atoms with E-state index in [1.165, 1.54) is 0 Å². The molecule has 20 heavy (non-hydrogen) atoms. The monoisotopic (exact) mass is 301 g/mol. The first-order valence-corrected chi connectivity index (χ1v) is 8.15. The number of hydrogen-bond donors (Lipinski definition) is 1. The van der Waals surface area contributed by atoms with Gasteiger partial charge in [0.1, 0.15) is 10.7 Å². The summed E-state index contributed by atoms with van der Waals surface area (Å²) in [7, 11) is -3.73. The zero-order valence-electron chi connectivity index (χ0n) is 11.9. The van der Waals surface area contributed by atoms with Crippen LogP contribution < -0.4 is 4.72 Å². The maximum Gasteiger partial charge on any atom is 0.242 e. The standard InChI is InChI=1S/C13H20FN3O2S/c1-9(2)17-7-10(3)13(8-17)16-20(18,19)12-4-11(14)5-15-6-12/h4-6,9-10,13,16H,7-8H2,1-3H3/t10-,13+/m1/s1. The fourth-order valence-electron chi connectivity index (χ4n) is 2.39. The van der Waals surface area contributed by atoms with E-state index in [1.54, 1.807) is 0 Å². The van der Waals surface area contributed by atoms with Crippen molar-refractivity contribution >= 4 is 10.0 Å². The summed E-state index contributed by atoms with van der Waals surface area (Å²) in [5.74, 6) is -0.440. The molecule has 1 fully saturated rings. The van der Waals surface area contributed by atoms with Gasteiger partial charge in [0.2, 0.25) is 10.0 Å². The van der Waals surface area contributed by atoms with E-state index in [2.05, 4.69) is 28.5 Å². The molecule has 2 rings (SSSR count). The van der Waals surface area contributed by atoms with Gasteiger partial charge in [-0.2, -0.15) is 0 Å². The largest absolute Gasteiger partial charge is 0.299 e. The Morgan fingerprint density at radius 1 is 1.40 bits per heavy atom. The average molecular weight is 301 g/mol. The van der Waals surface area contributed by atoms with Crippen LogP contribution in [0.5, 0.6) is 0 Å². The molecule has 0 saturated carbocycles. The molecule has 0 radical (unpaired) electrons. The van der Waals surface area contributed by atoms with E-state index >= 15 is 0 Å². The van der Waals surface area contributed by atoms with Crippen molar-refractivity contribution in [3.63, 3.8) is 0 Å². The van der Waals surface area contributed by atoms with Crippen molar-refractivity contribution < 1.29 is 12.8 Å². The van der Waals surface area contributed by atoms with Crippen LogP contribution in [0.2, 0.25) is 0 Å². The van der Waals surface area contributed by atoms with Crippen molar-refractivity contribution in [1.82, 2.24) is 14.6 Å². The summed E-state index contributed by atoms with van der Waals surface area (Å²) in [6, 6.07) is 1.20. The molecule has 0 aliphatic carbocycles. The minimum atomic E-state index is -3.73. The van der Waals surface area contributed by atoms with Gasteiger partial charge in [0, 0.05) is 31.4 Å². The molecule has 1 N–H and O–H groups in total. The lowest BCUT2D eigenvalue weighted by Gasteiger charge is -2.20. The van der Waals surface area contributed by atoms with Gasteiger partial charge in [-0.25, -0.2) is 17.5 Å². The van der Waals surface area contributed by atoms with Crippen molar-refractivity contribution in [2.75, 3.05) is 13.1 Å². The fourth-order valence-corrected chi connectivity index (χ4v) is 3.69. The first-order chi connectivity index (χ1) is 9.29. The highest BCUT2D eigenvalue weighted by molar-refractivity contribution is 7.89. The molecule has 1 aliphatic rings. The predicted molar refractivity (Wildman–Crippen MR) is 74.2 cm³/mol. The van der Waals surface area contributed by atoms with Gasteiger partial charge in [-0.3, -0.25) is 9.88 Å². The van der Waals surface area contributed by atoms with Crippen molar-refractivity contribution in [1.29, 1.82) is 0 Å². The van der Waals surface area contributed by atoms with Crippen molar-refractivity contribution in [3.8, 4) is 0 Å². The molecular formula is C13H20FN3O2S. The Balaban J connectivity index is 2.13. The maximum absolute atomic E-state index is 13.1. The number of rotatable bonds is 4. The lowest BCUT2D eigenvalue weighted by Crippen LogP contribution is -2.40. The third-order valence-corrected chi connectivity index (χ3v) is 5.12. The van der Waals surface area contributed by atoms with Crippen molar-refractivity contribution in [2.24, 2.45) is 5.92 Å². The Bertz CT molecular complexity index is 577. The van der Waals surface area contributed by atoms with E-state index in [0.717, 1.165) is 25.0 Å². The molecule has 1 saturated heterocycles. The summed E-state index contributed by atoms with van der Waals surface area (Å²) in [5, 5.41) is 0. The Kier molecular flexibility index (Phi) is 4.41. The van der Waals surface area contributed by atoms with Crippen LogP contribution in [0.1, 0.15) is 20.8 Å². The van der Waals surface area contributed by atoms with Gasteiger partial charge in [0.05, 0.1) is 6.20 Å². The normalized spacial score (nSPS) is 24.4. The van der Waals surface area contributed by atoms with Gasteiger partial charge >= 0.3 is 0 Å². The molecule has 5 nitrogen and oxygen atoms in total. The number of likely N-dealkylation sites (tertiary alicyclic amines) is 1. The first-order valence-electron chi connectivity index (χ1n) is 6.66. The Morgan fingerprint density at radius 3 is 2.65 bits per heavy atom. The quantitative estimate of drug-likeness (QED) is 0.908. The second kappa shape index (κ2) is 5.75. The maximum atomic E-state index is 13.1. The van der Waals surface area contributed by atoms with Crippen LogP contribution in [-0.2, 0) is 10.0 Å². The zero-order chi connectivity index (χ0) is 14.9. The number of halogens is 1. The number of pyridine rings is 1. The number of nitrogens with one attached hydrogen (secondary N) is 1. The summed E-state index contributed by atoms with van der Waals surface area (Å²) >= 11 is 0. The average Bonchev–Trinajstić information content (AvgIpc) is 2.70. The first kappa shape index (κ1) is 15.3. The highest BCUT2D eigenvalue weighted by Gasteiger charge is 2.34. The Hall–Kier alpha value is -1.05. The molecule has 112 valence electrons. The second-order valence-electron chi connectivity index (χ2n) is 5.59. The van der Waals surface area contributed by atoms with Crippen LogP contribution >= 0.6 is 0 Å². The Morgan fingerprint density at radius 2 is 2.10 bits per heavy atom. The summed E-state index contributed by atoms with van der Waals surface area (Å²) in [4.78, 5) is 5.67. The molecule has 0 aromatic carbocycles. The van der Waals surface area contributed by atoms with Gasteiger partial charge in [-0.15, -0.1) is 0 Å². The van der Waals surface area contributed by atoms with Crippen LogP contribution in [0.25, 0.3) is 0 Å². The summed E-state index contributed by atoms with van der Waals surface area (Å²) < 4.78 is 40.2. The third-order valence-electron chi connectivity index (χ3n) is 3.67. The summed E-state index contributed by atoms with van der Waals surface area (Å²) in [5.41, 5.74) is 0. The van der Waals surface area contributed by atoms with E-state index < -0.39 is 15.8 Å². The number of sulfonamides is 1. The molecule has 0 unspecified atom stereocenters.